The number of fused-ring (bicyclic) bond motifs is 1. The molecule has 1 aromatic heterocycles. The van der Waals surface area contributed by atoms with Crippen molar-refractivity contribution in [2.75, 3.05) is 5.32 Å². The van der Waals surface area contributed by atoms with Gasteiger partial charge in [-0.3, -0.25) is 9.89 Å². The summed E-state index contributed by atoms with van der Waals surface area (Å²) in [5.74, 6) is -0.260. The first-order valence-electron chi connectivity index (χ1n) is 8.23. The van der Waals surface area contributed by atoms with Gasteiger partial charge in [0, 0.05) is 16.3 Å². The summed E-state index contributed by atoms with van der Waals surface area (Å²) in [5.41, 5.74) is 3.71. The van der Waals surface area contributed by atoms with Crippen LogP contribution in [0.15, 0.2) is 66.7 Å². The van der Waals surface area contributed by atoms with Gasteiger partial charge in [0.05, 0.1) is 5.69 Å². The highest BCUT2D eigenvalue weighted by atomic mass is 35.5. The molecule has 0 radical (unpaired) electrons. The Kier molecular flexibility index (Phi) is 4.19. The van der Waals surface area contributed by atoms with Crippen LogP contribution in [0.4, 0.5) is 5.69 Å². The SMILES string of the molecule is Cc1ccc(NC(=O)c2cc(-c3cccc4ccccc34)n[nH]2)cc1Cl. The van der Waals surface area contributed by atoms with Gasteiger partial charge in [0.15, 0.2) is 0 Å². The first kappa shape index (κ1) is 16.4. The van der Waals surface area contributed by atoms with E-state index in [1.807, 2.05) is 49.4 Å². The van der Waals surface area contributed by atoms with Crippen molar-refractivity contribution >= 4 is 34.0 Å². The molecular formula is C21H16ClN3O. The molecule has 3 aromatic carbocycles. The predicted molar refractivity (Wildman–Crippen MR) is 106 cm³/mol. The molecule has 0 aliphatic carbocycles. The maximum Gasteiger partial charge on any atom is 0.273 e. The van der Waals surface area contributed by atoms with E-state index in [0.29, 0.717) is 16.4 Å². The molecule has 26 heavy (non-hydrogen) atoms. The fraction of sp³-hybridized carbons (Fsp3) is 0.0476. The summed E-state index contributed by atoms with van der Waals surface area (Å²) in [6.07, 6.45) is 0. The molecule has 0 fully saturated rings. The molecule has 0 atom stereocenters. The number of carbonyl (C=O) groups is 1. The van der Waals surface area contributed by atoms with Crippen LogP contribution in [0.1, 0.15) is 16.1 Å². The minimum absolute atomic E-state index is 0.260. The van der Waals surface area contributed by atoms with E-state index in [-0.39, 0.29) is 5.91 Å². The highest BCUT2D eigenvalue weighted by Crippen LogP contribution is 2.28. The third kappa shape index (κ3) is 3.07. The van der Waals surface area contributed by atoms with E-state index in [0.717, 1.165) is 27.6 Å². The lowest BCUT2D eigenvalue weighted by Gasteiger charge is -2.05. The molecule has 1 heterocycles. The van der Waals surface area contributed by atoms with Crippen LogP contribution in [0, 0.1) is 6.92 Å². The van der Waals surface area contributed by atoms with Crippen LogP contribution >= 0.6 is 11.6 Å². The number of nitrogens with one attached hydrogen (secondary N) is 2. The van der Waals surface area contributed by atoms with Crippen LogP contribution in [0.2, 0.25) is 5.02 Å². The zero-order valence-corrected chi connectivity index (χ0v) is 14.8. The highest BCUT2D eigenvalue weighted by molar-refractivity contribution is 6.31. The Morgan fingerprint density at radius 1 is 1.04 bits per heavy atom. The van der Waals surface area contributed by atoms with Gasteiger partial charge in [0.25, 0.3) is 5.91 Å². The standard InChI is InChI=1S/C21H16ClN3O/c1-13-9-10-15(11-18(13)22)23-21(26)20-12-19(24-25-20)17-8-4-6-14-5-2-3-7-16(14)17/h2-12H,1H3,(H,23,26)(H,24,25). The van der Waals surface area contributed by atoms with E-state index in [4.69, 9.17) is 11.6 Å². The van der Waals surface area contributed by atoms with Crippen molar-refractivity contribution in [3.05, 3.63) is 83.0 Å². The number of halogens is 1. The molecule has 4 rings (SSSR count). The van der Waals surface area contributed by atoms with Gasteiger partial charge in [-0.05, 0) is 41.5 Å². The second-order valence-corrected chi connectivity index (χ2v) is 6.52. The Balaban J connectivity index is 1.63. The molecule has 0 bridgehead atoms. The molecule has 128 valence electrons. The third-order valence-electron chi connectivity index (χ3n) is 4.32. The van der Waals surface area contributed by atoms with Crippen molar-refractivity contribution in [2.24, 2.45) is 0 Å². The number of nitrogens with zero attached hydrogens (tertiary/aromatic N) is 1. The van der Waals surface area contributed by atoms with Gasteiger partial charge < -0.3 is 5.32 Å². The Bertz CT molecular complexity index is 1110. The number of aryl methyl sites for hydroxylation is 1. The van der Waals surface area contributed by atoms with Crippen LogP contribution in [-0.2, 0) is 0 Å². The Morgan fingerprint density at radius 3 is 2.69 bits per heavy atom. The fourth-order valence-electron chi connectivity index (χ4n) is 2.89. The summed E-state index contributed by atoms with van der Waals surface area (Å²) in [6, 6.07) is 21.3. The van der Waals surface area contributed by atoms with Crippen LogP contribution in [-0.4, -0.2) is 16.1 Å². The number of benzene rings is 3. The summed E-state index contributed by atoms with van der Waals surface area (Å²) in [5, 5.41) is 12.8. The van der Waals surface area contributed by atoms with E-state index in [9.17, 15) is 4.79 Å². The molecule has 4 nitrogen and oxygen atoms in total. The molecule has 1 amide bonds. The lowest BCUT2D eigenvalue weighted by Crippen LogP contribution is -2.12. The summed E-state index contributed by atoms with van der Waals surface area (Å²) in [6.45, 7) is 1.92. The first-order chi connectivity index (χ1) is 12.6. The van der Waals surface area contributed by atoms with Gasteiger partial charge in [0.1, 0.15) is 5.69 Å². The minimum Gasteiger partial charge on any atom is -0.321 e. The second kappa shape index (κ2) is 6.65. The lowest BCUT2D eigenvalue weighted by molar-refractivity contribution is 0.102. The number of H-pyrrole nitrogens is 1. The van der Waals surface area contributed by atoms with Gasteiger partial charge in [-0.15, -0.1) is 0 Å². The zero-order valence-electron chi connectivity index (χ0n) is 14.1. The van der Waals surface area contributed by atoms with E-state index in [2.05, 4.69) is 27.6 Å². The number of amides is 1. The van der Waals surface area contributed by atoms with E-state index < -0.39 is 0 Å². The molecule has 0 aliphatic rings. The Morgan fingerprint density at radius 2 is 1.85 bits per heavy atom. The Hall–Kier alpha value is -3.11. The minimum atomic E-state index is -0.260. The fourth-order valence-corrected chi connectivity index (χ4v) is 3.07. The third-order valence-corrected chi connectivity index (χ3v) is 4.72. The molecule has 5 heteroatoms. The van der Waals surface area contributed by atoms with Gasteiger partial charge in [-0.25, -0.2) is 0 Å². The van der Waals surface area contributed by atoms with Crippen molar-refractivity contribution in [1.82, 2.24) is 10.2 Å². The number of hydrogen-bond acceptors (Lipinski definition) is 2. The average Bonchev–Trinajstić information content (AvgIpc) is 3.14. The summed E-state index contributed by atoms with van der Waals surface area (Å²) >= 11 is 6.11. The number of aromatic amines is 1. The quantitative estimate of drug-likeness (QED) is 0.510. The number of carbonyl (C=O) groups excluding carboxylic acids is 1. The average molecular weight is 362 g/mol. The maximum atomic E-state index is 12.5. The Labute approximate surface area is 155 Å². The molecule has 0 saturated heterocycles. The van der Waals surface area contributed by atoms with Crippen molar-refractivity contribution < 1.29 is 4.79 Å². The van der Waals surface area contributed by atoms with Crippen molar-refractivity contribution in [1.29, 1.82) is 0 Å². The molecule has 0 spiro atoms. The second-order valence-electron chi connectivity index (χ2n) is 6.11. The highest BCUT2D eigenvalue weighted by Gasteiger charge is 2.13. The summed E-state index contributed by atoms with van der Waals surface area (Å²) < 4.78 is 0. The van der Waals surface area contributed by atoms with Gasteiger partial charge in [-0.2, -0.15) is 5.10 Å². The summed E-state index contributed by atoms with van der Waals surface area (Å²) in [7, 11) is 0. The topological polar surface area (TPSA) is 57.8 Å². The summed E-state index contributed by atoms with van der Waals surface area (Å²) in [4.78, 5) is 12.5. The smallest absolute Gasteiger partial charge is 0.273 e. The van der Waals surface area contributed by atoms with Crippen molar-refractivity contribution in [3.63, 3.8) is 0 Å². The lowest BCUT2D eigenvalue weighted by atomic mass is 10.0. The zero-order chi connectivity index (χ0) is 18.1. The van der Waals surface area contributed by atoms with Gasteiger partial charge >= 0.3 is 0 Å². The van der Waals surface area contributed by atoms with Crippen LogP contribution in [0.3, 0.4) is 0 Å². The molecule has 0 saturated carbocycles. The van der Waals surface area contributed by atoms with Crippen molar-refractivity contribution in [3.8, 4) is 11.3 Å². The maximum absolute atomic E-state index is 12.5. The monoisotopic (exact) mass is 361 g/mol. The van der Waals surface area contributed by atoms with E-state index in [1.165, 1.54) is 0 Å². The molecule has 4 aromatic rings. The number of hydrogen-bond donors (Lipinski definition) is 2. The number of aromatic nitrogens is 2. The van der Waals surface area contributed by atoms with E-state index >= 15 is 0 Å². The predicted octanol–water partition coefficient (Wildman–Crippen LogP) is 5.44. The van der Waals surface area contributed by atoms with Crippen LogP contribution < -0.4 is 5.32 Å². The number of rotatable bonds is 3. The first-order valence-corrected chi connectivity index (χ1v) is 8.61. The number of anilines is 1. The van der Waals surface area contributed by atoms with Gasteiger partial charge in [0.2, 0.25) is 0 Å². The molecule has 0 aliphatic heterocycles. The van der Waals surface area contributed by atoms with Crippen LogP contribution in [0.5, 0.6) is 0 Å². The van der Waals surface area contributed by atoms with Crippen molar-refractivity contribution in [2.45, 2.75) is 6.92 Å². The van der Waals surface area contributed by atoms with Gasteiger partial charge in [-0.1, -0.05) is 60.1 Å². The molecular weight excluding hydrogens is 346 g/mol. The van der Waals surface area contributed by atoms with E-state index in [1.54, 1.807) is 12.1 Å². The molecule has 0 unspecified atom stereocenters. The largest absolute Gasteiger partial charge is 0.321 e. The normalized spacial score (nSPS) is 10.8. The molecule has 2 N–H and O–H groups in total. The van der Waals surface area contributed by atoms with Crippen LogP contribution in [0.25, 0.3) is 22.0 Å².